The van der Waals surface area contributed by atoms with Crippen molar-refractivity contribution in [3.05, 3.63) is 29.8 Å². The number of ether oxygens (including phenoxy) is 1. The summed E-state index contributed by atoms with van der Waals surface area (Å²) in [5.41, 5.74) is 0.961. The number of hydrogen-bond donors (Lipinski definition) is 1. The zero-order valence-corrected chi connectivity index (χ0v) is 13.5. The Kier molecular flexibility index (Phi) is 5.73. The zero-order valence-electron chi connectivity index (χ0n) is 13.5. The Balaban J connectivity index is 1.73. The third-order valence-corrected chi connectivity index (χ3v) is 3.50. The highest BCUT2D eigenvalue weighted by Gasteiger charge is 2.28. The molecule has 0 spiro atoms. The third kappa shape index (κ3) is 5.09. The van der Waals surface area contributed by atoms with E-state index < -0.39 is 0 Å². The fraction of sp³-hybridized carbons (Fsp3) is 0.471. The molecular weight excluding hydrogens is 296 g/mol. The van der Waals surface area contributed by atoms with E-state index in [4.69, 9.17) is 4.74 Å². The highest BCUT2D eigenvalue weighted by molar-refractivity contribution is 6.02. The molecule has 0 unspecified atom stereocenters. The number of nitrogens with one attached hydrogen (secondary N) is 1. The Morgan fingerprint density at radius 3 is 2.35 bits per heavy atom. The summed E-state index contributed by atoms with van der Waals surface area (Å²) in [7, 11) is 0. The standard InChI is InChI=1S/C17H22N2O4/c1-12(2)23-14-5-3-13(4-6-14)11-18-15(20)9-10-19-16(21)7-8-17(19)22/h3-6,12H,7-11H2,1-2H3,(H,18,20). The number of benzene rings is 1. The van der Waals surface area contributed by atoms with Crippen molar-refractivity contribution in [1.82, 2.24) is 10.2 Å². The van der Waals surface area contributed by atoms with Gasteiger partial charge in [-0.05, 0) is 31.5 Å². The van der Waals surface area contributed by atoms with Crippen LogP contribution in [0.5, 0.6) is 5.75 Å². The Morgan fingerprint density at radius 1 is 1.17 bits per heavy atom. The first-order chi connectivity index (χ1) is 11.0. The minimum Gasteiger partial charge on any atom is -0.491 e. The highest BCUT2D eigenvalue weighted by atomic mass is 16.5. The van der Waals surface area contributed by atoms with Crippen LogP contribution in [0, 0.1) is 0 Å². The van der Waals surface area contributed by atoms with Crippen LogP contribution in [0.15, 0.2) is 24.3 Å². The zero-order chi connectivity index (χ0) is 16.8. The molecule has 0 radical (unpaired) electrons. The van der Waals surface area contributed by atoms with Crippen molar-refractivity contribution in [3.63, 3.8) is 0 Å². The van der Waals surface area contributed by atoms with Crippen LogP contribution in [0.25, 0.3) is 0 Å². The van der Waals surface area contributed by atoms with Crippen LogP contribution in [0.4, 0.5) is 0 Å². The van der Waals surface area contributed by atoms with Gasteiger partial charge in [0.2, 0.25) is 17.7 Å². The normalized spacial score (nSPS) is 14.5. The maximum absolute atomic E-state index is 11.8. The van der Waals surface area contributed by atoms with Gasteiger partial charge in [0, 0.05) is 32.4 Å². The van der Waals surface area contributed by atoms with E-state index in [9.17, 15) is 14.4 Å². The van der Waals surface area contributed by atoms with Crippen molar-refractivity contribution in [2.75, 3.05) is 6.54 Å². The molecule has 1 fully saturated rings. The van der Waals surface area contributed by atoms with Crippen LogP contribution in [0.3, 0.4) is 0 Å². The molecule has 1 aromatic rings. The van der Waals surface area contributed by atoms with Crippen LogP contribution >= 0.6 is 0 Å². The Hall–Kier alpha value is -2.37. The summed E-state index contributed by atoms with van der Waals surface area (Å²) >= 11 is 0. The smallest absolute Gasteiger partial charge is 0.229 e. The molecule has 0 aliphatic carbocycles. The number of carbonyl (C=O) groups is 3. The van der Waals surface area contributed by atoms with Crippen molar-refractivity contribution in [2.24, 2.45) is 0 Å². The lowest BCUT2D eigenvalue weighted by Crippen LogP contribution is -2.34. The van der Waals surface area contributed by atoms with Gasteiger partial charge in [0.25, 0.3) is 0 Å². The van der Waals surface area contributed by atoms with Crippen molar-refractivity contribution in [1.29, 1.82) is 0 Å². The fourth-order valence-corrected chi connectivity index (χ4v) is 2.33. The van der Waals surface area contributed by atoms with E-state index in [2.05, 4.69) is 5.32 Å². The second-order valence-electron chi connectivity index (χ2n) is 5.78. The van der Waals surface area contributed by atoms with Gasteiger partial charge in [-0.3, -0.25) is 19.3 Å². The van der Waals surface area contributed by atoms with Crippen LogP contribution in [0.1, 0.15) is 38.7 Å². The molecule has 1 saturated heterocycles. The summed E-state index contributed by atoms with van der Waals surface area (Å²) in [5, 5.41) is 2.78. The molecule has 1 aliphatic rings. The Bertz CT molecular complexity index is 565. The molecule has 1 heterocycles. The maximum Gasteiger partial charge on any atom is 0.229 e. The van der Waals surface area contributed by atoms with Crippen molar-refractivity contribution in [3.8, 4) is 5.75 Å². The van der Waals surface area contributed by atoms with Gasteiger partial charge >= 0.3 is 0 Å². The number of imide groups is 1. The van der Waals surface area contributed by atoms with Crippen LogP contribution in [-0.2, 0) is 20.9 Å². The lowest BCUT2D eigenvalue weighted by molar-refractivity contribution is -0.138. The van der Waals surface area contributed by atoms with E-state index in [0.29, 0.717) is 6.54 Å². The number of amides is 3. The van der Waals surface area contributed by atoms with Gasteiger partial charge in [-0.2, -0.15) is 0 Å². The minimum atomic E-state index is -0.191. The molecule has 23 heavy (non-hydrogen) atoms. The first-order valence-electron chi connectivity index (χ1n) is 7.81. The number of hydrogen-bond acceptors (Lipinski definition) is 4. The average molecular weight is 318 g/mol. The lowest BCUT2D eigenvalue weighted by atomic mass is 10.2. The fourth-order valence-electron chi connectivity index (χ4n) is 2.33. The van der Waals surface area contributed by atoms with Crippen molar-refractivity contribution < 1.29 is 19.1 Å². The topological polar surface area (TPSA) is 75.7 Å². The predicted octanol–water partition coefficient (Wildman–Crippen LogP) is 1.63. The molecule has 6 heteroatoms. The van der Waals surface area contributed by atoms with E-state index in [-0.39, 0.29) is 49.6 Å². The summed E-state index contributed by atoms with van der Waals surface area (Å²) in [5.74, 6) is 0.230. The molecule has 1 N–H and O–H groups in total. The first-order valence-corrected chi connectivity index (χ1v) is 7.81. The van der Waals surface area contributed by atoms with Gasteiger partial charge < -0.3 is 10.1 Å². The highest BCUT2D eigenvalue weighted by Crippen LogP contribution is 2.14. The minimum absolute atomic E-state index is 0.122. The molecule has 3 amide bonds. The molecule has 124 valence electrons. The summed E-state index contributed by atoms with van der Waals surface area (Å²) in [6, 6.07) is 7.52. The third-order valence-electron chi connectivity index (χ3n) is 3.50. The summed E-state index contributed by atoms with van der Waals surface area (Å²) in [4.78, 5) is 35.9. The molecule has 0 saturated carbocycles. The monoisotopic (exact) mass is 318 g/mol. The number of rotatable bonds is 7. The summed E-state index contributed by atoms with van der Waals surface area (Å²) < 4.78 is 5.55. The molecule has 2 rings (SSSR count). The van der Waals surface area contributed by atoms with E-state index in [0.717, 1.165) is 16.2 Å². The van der Waals surface area contributed by atoms with Crippen molar-refractivity contribution >= 4 is 17.7 Å². The van der Waals surface area contributed by atoms with Gasteiger partial charge in [-0.25, -0.2) is 0 Å². The van der Waals surface area contributed by atoms with Crippen LogP contribution in [-0.4, -0.2) is 35.3 Å². The average Bonchev–Trinajstić information content (AvgIpc) is 2.83. The number of likely N-dealkylation sites (tertiary alicyclic amines) is 1. The van der Waals surface area contributed by atoms with Crippen molar-refractivity contribution in [2.45, 2.75) is 45.8 Å². The van der Waals surface area contributed by atoms with Gasteiger partial charge in [-0.15, -0.1) is 0 Å². The van der Waals surface area contributed by atoms with Gasteiger partial charge in [0.15, 0.2) is 0 Å². The predicted molar refractivity (Wildman–Crippen MR) is 84.6 cm³/mol. The molecule has 0 bridgehead atoms. The largest absolute Gasteiger partial charge is 0.491 e. The van der Waals surface area contributed by atoms with E-state index >= 15 is 0 Å². The van der Waals surface area contributed by atoms with E-state index in [1.165, 1.54) is 0 Å². The maximum atomic E-state index is 11.8. The first kappa shape index (κ1) is 17.0. The number of carbonyl (C=O) groups excluding carboxylic acids is 3. The number of nitrogens with zero attached hydrogens (tertiary/aromatic N) is 1. The van der Waals surface area contributed by atoms with E-state index in [1.807, 2.05) is 38.1 Å². The van der Waals surface area contributed by atoms with Gasteiger partial charge in [0.1, 0.15) is 5.75 Å². The Morgan fingerprint density at radius 2 is 1.78 bits per heavy atom. The molecule has 0 aromatic heterocycles. The molecule has 0 atom stereocenters. The van der Waals surface area contributed by atoms with Crippen LogP contribution in [0.2, 0.25) is 0 Å². The molecule has 6 nitrogen and oxygen atoms in total. The van der Waals surface area contributed by atoms with Crippen LogP contribution < -0.4 is 10.1 Å². The lowest BCUT2D eigenvalue weighted by Gasteiger charge is -2.13. The second kappa shape index (κ2) is 7.76. The SMILES string of the molecule is CC(C)Oc1ccc(CNC(=O)CCN2C(=O)CCC2=O)cc1. The Labute approximate surface area is 135 Å². The molecule has 1 aliphatic heterocycles. The van der Waals surface area contributed by atoms with Gasteiger partial charge in [0.05, 0.1) is 6.10 Å². The van der Waals surface area contributed by atoms with E-state index in [1.54, 1.807) is 0 Å². The van der Waals surface area contributed by atoms with Gasteiger partial charge in [-0.1, -0.05) is 12.1 Å². The second-order valence-corrected chi connectivity index (χ2v) is 5.78. The molecular formula is C17H22N2O4. The summed E-state index contributed by atoms with van der Waals surface area (Å²) in [6.07, 6.45) is 0.763. The molecule has 1 aromatic carbocycles. The quantitative estimate of drug-likeness (QED) is 0.775. The summed E-state index contributed by atoms with van der Waals surface area (Å²) in [6.45, 7) is 4.49.